The van der Waals surface area contributed by atoms with Gasteiger partial charge in [-0.1, -0.05) is 0 Å². The second-order valence-electron chi connectivity index (χ2n) is 7.80. The number of thiophene rings is 1. The molecule has 35 heavy (non-hydrogen) atoms. The number of alkyl halides is 3. The normalized spacial score (nSPS) is 14.3. The predicted molar refractivity (Wildman–Crippen MR) is 121 cm³/mol. The third-order valence-corrected chi connectivity index (χ3v) is 6.50. The van der Waals surface area contributed by atoms with Crippen LogP contribution in [0.15, 0.2) is 41.2 Å². The summed E-state index contributed by atoms with van der Waals surface area (Å²) in [7, 11) is 0. The van der Waals surface area contributed by atoms with Crippen LogP contribution in [0.2, 0.25) is 0 Å². The molecule has 1 aliphatic rings. The van der Waals surface area contributed by atoms with Gasteiger partial charge in [-0.25, -0.2) is 9.18 Å². The Morgan fingerprint density at radius 1 is 1.03 bits per heavy atom. The number of carbonyl (C=O) groups is 1. The van der Waals surface area contributed by atoms with Crippen molar-refractivity contribution in [3.8, 4) is 0 Å². The van der Waals surface area contributed by atoms with Crippen molar-refractivity contribution < 1.29 is 27.1 Å². The molecule has 2 aromatic heterocycles. The van der Waals surface area contributed by atoms with Gasteiger partial charge in [-0.05, 0) is 36.4 Å². The Morgan fingerprint density at radius 2 is 1.69 bits per heavy atom. The van der Waals surface area contributed by atoms with Crippen LogP contribution < -0.4 is 15.5 Å². The van der Waals surface area contributed by atoms with Gasteiger partial charge in [-0.2, -0.15) is 23.1 Å². The average Bonchev–Trinajstić information content (AvgIpc) is 3.29. The summed E-state index contributed by atoms with van der Waals surface area (Å²) in [5.41, 5.74) is 0.159. The molecule has 8 nitrogen and oxygen atoms in total. The molecule has 1 aliphatic heterocycles. The van der Waals surface area contributed by atoms with E-state index in [1.165, 1.54) is 25.1 Å². The lowest BCUT2D eigenvalue weighted by atomic mass is 10.2. The summed E-state index contributed by atoms with van der Waals surface area (Å²) in [6.45, 7) is 2.80. The van der Waals surface area contributed by atoms with Gasteiger partial charge in [-0.3, -0.25) is 9.36 Å². The SMILES string of the molecule is CC(=O)OCc1nc(N2CCN(c3ccc(F)cc3)CC2)nc(=O)n1Cc1ccc(C(F)(F)F)s1. The van der Waals surface area contributed by atoms with Crippen molar-refractivity contribution in [2.24, 2.45) is 0 Å². The van der Waals surface area contributed by atoms with Crippen LogP contribution in [0.4, 0.5) is 29.2 Å². The van der Waals surface area contributed by atoms with E-state index in [1.54, 1.807) is 17.0 Å². The number of halogens is 4. The van der Waals surface area contributed by atoms with E-state index in [4.69, 9.17) is 4.74 Å². The lowest BCUT2D eigenvalue weighted by Gasteiger charge is -2.36. The monoisotopic (exact) mass is 511 g/mol. The first kappa shape index (κ1) is 24.6. The topological polar surface area (TPSA) is 80.6 Å². The molecular formula is C22H21F4N5O3S. The van der Waals surface area contributed by atoms with Crippen molar-refractivity contribution in [3.63, 3.8) is 0 Å². The van der Waals surface area contributed by atoms with E-state index in [0.717, 1.165) is 16.3 Å². The quantitative estimate of drug-likeness (QED) is 0.371. The van der Waals surface area contributed by atoms with Gasteiger partial charge < -0.3 is 14.5 Å². The number of ether oxygens (including phenoxy) is 1. The van der Waals surface area contributed by atoms with E-state index in [9.17, 15) is 27.2 Å². The van der Waals surface area contributed by atoms with Crippen molar-refractivity contribution in [1.82, 2.24) is 14.5 Å². The van der Waals surface area contributed by atoms with Crippen LogP contribution in [0.5, 0.6) is 0 Å². The molecule has 3 heterocycles. The third kappa shape index (κ3) is 5.96. The Balaban J connectivity index is 1.55. The minimum absolute atomic E-state index is 0.0816. The van der Waals surface area contributed by atoms with Crippen LogP contribution in [0.3, 0.4) is 0 Å². The number of aromatic nitrogens is 3. The van der Waals surface area contributed by atoms with Crippen LogP contribution in [0.25, 0.3) is 0 Å². The Kier molecular flexibility index (Phi) is 7.05. The first-order valence-electron chi connectivity index (χ1n) is 10.6. The van der Waals surface area contributed by atoms with Gasteiger partial charge in [0.1, 0.15) is 17.3 Å². The summed E-state index contributed by atoms with van der Waals surface area (Å²) in [4.78, 5) is 36.0. The number of hydrogen-bond acceptors (Lipinski definition) is 8. The van der Waals surface area contributed by atoms with E-state index < -0.39 is 22.7 Å². The van der Waals surface area contributed by atoms with E-state index in [-0.39, 0.29) is 35.6 Å². The first-order chi connectivity index (χ1) is 16.6. The molecule has 0 unspecified atom stereocenters. The molecular weight excluding hydrogens is 490 g/mol. The molecule has 1 fully saturated rings. The molecule has 1 saturated heterocycles. The molecule has 186 valence electrons. The highest BCUT2D eigenvalue weighted by Gasteiger charge is 2.32. The van der Waals surface area contributed by atoms with Crippen molar-refractivity contribution in [2.45, 2.75) is 26.3 Å². The van der Waals surface area contributed by atoms with Crippen LogP contribution in [-0.4, -0.2) is 46.7 Å². The fourth-order valence-electron chi connectivity index (χ4n) is 3.62. The zero-order valence-corrected chi connectivity index (χ0v) is 19.4. The molecule has 0 N–H and O–H groups in total. The largest absolute Gasteiger partial charge is 0.458 e. The smallest absolute Gasteiger partial charge is 0.425 e. The van der Waals surface area contributed by atoms with Crippen LogP contribution in [-0.2, 0) is 28.9 Å². The minimum Gasteiger partial charge on any atom is -0.458 e. The highest BCUT2D eigenvalue weighted by Crippen LogP contribution is 2.34. The number of benzene rings is 1. The lowest BCUT2D eigenvalue weighted by Crippen LogP contribution is -2.48. The van der Waals surface area contributed by atoms with E-state index in [0.29, 0.717) is 37.5 Å². The molecule has 0 radical (unpaired) electrons. The molecule has 0 atom stereocenters. The minimum atomic E-state index is -4.48. The van der Waals surface area contributed by atoms with Crippen molar-refractivity contribution in [2.75, 3.05) is 36.0 Å². The molecule has 13 heteroatoms. The Morgan fingerprint density at radius 3 is 2.29 bits per heavy atom. The van der Waals surface area contributed by atoms with Gasteiger partial charge in [0.05, 0.1) is 6.54 Å². The number of esters is 1. The molecule has 0 aliphatic carbocycles. The van der Waals surface area contributed by atoms with Crippen LogP contribution in [0.1, 0.15) is 22.5 Å². The molecule has 1 aromatic carbocycles. The highest BCUT2D eigenvalue weighted by atomic mass is 32.1. The Labute approximate surface area is 201 Å². The summed E-state index contributed by atoms with van der Waals surface area (Å²) in [5.74, 6) is -0.682. The summed E-state index contributed by atoms with van der Waals surface area (Å²) in [6, 6.07) is 8.39. The number of hydrogen-bond donors (Lipinski definition) is 0. The van der Waals surface area contributed by atoms with Crippen molar-refractivity contribution in [3.05, 3.63) is 68.3 Å². The zero-order valence-electron chi connectivity index (χ0n) is 18.6. The summed E-state index contributed by atoms with van der Waals surface area (Å²) in [6.07, 6.45) is -4.48. The first-order valence-corrected chi connectivity index (χ1v) is 11.4. The Hall–Kier alpha value is -3.48. The van der Waals surface area contributed by atoms with Gasteiger partial charge in [0.15, 0.2) is 5.82 Å². The highest BCUT2D eigenvalue weighted by molar-refractivity contribution is 7.12. The molecule has 0 amide bonds. The van der Waals surface area contributed by atoms with E-state index in [1.807, 2.05) is 0 Å². The van der Waals surface area contributed by atoms with Gasteiger partial charge in [0.2, 0.25) is 5.95 Å². The standard InChI is InChI=1S/C22H21F4N5O3S/c1-14(32)34-13-19-27-20(30-10-8-29(9-11-30)16-4-2-15(23)3-5-16)28-21(33)31(19)12-17-6-7-18(35-17)22(24,25)26/h2-7H,8-13H2,1H3. The molecule has 0 bridgehead atoms. The lowest BCUT2D eigenvalue weighted by molar-refractivity contribution is -0.142. The maximum Gasteiger partial charge on any atom is 0.425 e. The molecule has 4 rings (SSSR count). The number of nitrogens with zero attached hydrogens (tertiary/aromatic N) is 5. The zero-order chi connectivity index (χ0) is 25.2. The predicted octanol–water partition coefficient (Wildman–Crippen LogP) is 3.30. The summed E-state index contributed by atoms with van der Waals surface area (Å²) < 4.78 is 58.2. The number of carbonyl (C=O) groups excluding carboxylic acids is 1. The molecule has 0 saturated carbocycles. The third-order valence-electron chi connectivity index (χ3n) is 5.38. The maximum atomic E-state index is 13.2. The number of anilines is 2. The van der Waals surface area contributed by atoms with Crippen molar-refractivity contribution in [1.29, 1.82) is 0 Å². The van der Waals surface area contributed by atoms with Crippen molar-refractivity contribution >= 4 is 28.9 Å². The second kappa shape index (κ2) is 10.0. The fraction of sp³-hybridized carbons (Fsp3) is 0.364. The molecule has 3 aromatic rings. The maximum absolute atomic E-state index is 13.2. The summed E-state index contributed by atoms with van der Waals surface area (Å²) in [5, 5.41) is 0. The Bertz CT molecular complexity index is 1250. The van der Waals surface area contributed by atoms with Gasteiger partial charge in [0, 0.05) is 43.7 Å². The van der Waals surface area contributed by atoms with Gasteiger partial charge in [0.25, 0.3) is 0 Å². The van der Waals surface area contributed by atoms with E-state index >= 15 is 0 Å². The van der Waals surface area contributed by atoms with Gasteiger partial charge in [-0.15, -0.1) is 11.3 Å². The number of piperazine rings is 1. The van der Waals surface area contributed by atoms with Gasteiger partial charge >= 0.3 is 17.8 Å². The van der Waals surface area contributed by atoms with Crippen LogP contribution in [0, 0.1) is 5.82 Å². The summed E-state index contributed by atoms with van der Waals surface area (Å²) >= 11 is 0.520. The van der Waals surface area contributed by atoms with Crippen LogP contribution >= 0.6 is 11.3 Å². The fourth-order valence-corrected chi connectivity index (χ4v) is 4.49. The number of rotatable bonds is 6. The second-order valence-corrected chi connectivity index (χ2v) is 8.97. The average molecular weight is 512 g/mol. The van der Waals surface area contributed by atoms with E-state index in [2.05, 4.69) is 14.9 Å². The molecule has 0 spiro atoms.